The molecule has 0 aliphatic carbocycles. The molecule has 0 spiro atoms. The number of hydrogen-bond acceptors (Lipinski definition) is 4. The number of fused-ring (bicyclic) bond motifs is 1. The summed E-state index contributed by atoms with van der Waals surface area (Å²) in [5.41, 5.74) is 1.88. The number of benzene rings is 2. The van der Waals surface area contributed by atoms with Crippen molar-refractivity contribution in [2.24, 2.45) is 0 Å². The van der Waals surface area contributed by atoms with Gasteiger partial charge in [-0.2, -0.15) is 0 Å². The zero-order chi connectivity index (χ0) is 14.9. The van der Waals surface area contributed by atoms with Crippen molar-refractivity contribution in [2.45, 2.75) is 17.4 Å². The van der Waals surface area contributed by atoms with Gasteiger partial charge < -0.3 is 5.32 Å². The van der Waals surface area contributed by atoms with Crippen LogP contribution >= 0.6 is 0 Å². The summed E-state index contributed by atoms with van der Waals surface area (Å²) in [5, 5.41) is 3.03. The van der Waals surface area contributed by atoms with Crippen molar-refractivity contribution in [3.8, 4) is 0 Å². The molecule has 2 N–H and O–H groups in total. The summed E-state index contributed by atoms with van der Waals surface area (Å²) >= 11 is 0. The first-order chi connectivity index (χ1) is 10.1. The Balaban J connectivity index is 1.74. The van der Waals surface area contributed by atoms with Crippen molar-refractivity contribution in [3.63, 3.8) is 0 Å². The largest absolute Gasteiger partial charge is 0.373 e. The molecule has 0 saturated heterocycles. The van der Waals surface area contributed by atoms with E-state index in [1.165, 1.54) is 12.1 Å². The van der Waals surface area contributed by atoms with E-state index < -0.39 is 22.0 Å². The van der Waals surface area contributed by atoms with Crippen molar-refractivity contribution < 1.29 is 13.2 Å². The summed E-state index contributed by atoms with van der Waals surface area (Å²) in [7, 11) is -3.82. The van der Waals surface area contributed by atoms with Gasteiger partial charge in [0.2, 0.25) is 0 Å². The number of carbonyl (C=O) groups excluding carboxylic acids is 1. The lowest BCUT2D eigenvalue weighted by Gasteiger charge is -2.12. The molecule has 5 nitrogen and oxygen atoms in total. The van der Waals surface area contributed by atoms with Crippen molar-refractivity contribution in [2.75, 3.05) is 5.32 Å². The van der Waals surface area contributed by atoms with Gasteiger partial charge in [-0.1, -0.05) is 36.4 Å². The van der Waals surface area contributed by atoms with E-state index >= 15 is 0 Å². The Morgan fingerprint density at radius 1 is 1.05 bits per heavy atom. The lowest BCUT2D eigenvalue weighted by molar-refractivity contribution is -0.119. The van der Waals surface area contributed by atoms with Crippen LogP contribution in [0, 0.1) is 0 Å². The number of para-hydroxylation sites is 1. The first-order valence-electron chi connectivity index (χ1n) is 6.52. The highest BCUT2D eigenvalue weighted by molar-refractivity contribution is 7.90. The number of amides is 1. The zero-order valence-electron chi connectivity index (χ0n) is 11.1. The van der Waals surface area contributed by atoms with Gasteiger partial charge in [0.15, 0.2) is 0 Å². The topological polar surface area (TPSA) is 75.3 Å². The molecule has 1 aliphatic heterocycles. The molecule has 0 unspecified atom stereocenters. The second-order valence-corrected chi connectivity index (χ2v) is 6.52. The first-order valence-corrected chi connectivity index (χ1v) is 8.01. The molecule has 108 valence electrons. The van der Waals surface area contributed by atoms with Crippen molar-refractivity contribution in [1.82, 2.24) is 4.72 Å². The molecule has 2 aromatic rings. The van der Waals surface area contributed by atoms with Crippen molar-refractivity contribution in [1.29, 1.82) is 0 Å². The Labute approximate surface area is 123 Å². The maximum absolute atomic E-state index is 12.2. The minimum atomic E-state index is -3.82. The fraction of sp³-hybridized carbons (Fsp3) is 0.133. The lowest BCUT2D eigenvalue weighted by Crippen LogP contribution is -2.41. The second-order valence-electron chi connectivity index (χ2n) is 4.84. The molecule has 21 heavy (non-hydrogen) atoms. The van der Waals surface area contributed by atoms with Crippen LogP contribution in [0.4, 0.5) is 5.69 Å². The Morgan fingerprint density at radius 2 is 1.71 bits per heavy atom. The van der Waals surface area contributed by atoms with E-state index in [1.54, 1.807) is 18.2 Å². The zero-order valence-corrected chi connectivity index (χ0v) is 11.9. The summed E-state index contributed by atoms with van der Waals surface area (Å²) in [6.07, 6.45) is 0.478. The highest BCUT2D eigenvalue weighted by Crippen LogP contribution is 2.25. The van der Waals surface area contributed by atoms with Crippen LogP contribution in [0.3, 0.4) is 0 Å². The summed E-state index contributed by atoms with van der Waals surface area (Å²) < 4.78 is 26.3. The number of sulfonamides is 1. The highest BCUT2D eigenvalue weighted by atomic mass is 32.2. The fourth-order valence-electron chi connectivity index (χ4n) is 2.32. The van der Waals surface area contributed by atoms with Crippen molar-refractivity contribution >= 4 is 21.6 Å². The van der Waals surface area contributed by atoms with Gasteiger partial charge in [0.25, 0.3) is 15.9 Å². The highest BCUT2D eigenvalue weighted by Gasteiger charge is 2.29. The van der Waals surface area contributed by atoms with Gasteiger partial charge in [-0.15, -0.1) is 0 Å². The SMILES string of the molecule is O=C(NS(=O)(=O)c1ccccc1)[C@@H]1Cc2ccccc2N1. The van der Waals surface area contributed by atoms with Gasteiger partial charge in [-0.25, -0.2) is 13.1 Å². The van der Waals surface area contributed by atoms with Crippen LogP contribution in [-0.4, -0.2) is 20.4 Å². The van der Waals surface area contributed by atoms with Gasteiger partial charge >= 0.3 is 0 Å². The summed E-state index contributed by atoms with van der Waals surface area (Å²) in [5.74, 6) is -0.546. The lowest BCUT2D eigenvalue weighted by atomic mass is 10.1. The molecule has 1 aliphatic rings. The Morgan fingerprint density at radius 3 is 2.43 bits per heavy atom. The molecular formula is C15H14N2O3S. The minimum absolute atomic E-state index is 0.0776. The van der Waals surface area contributed by atoms with Gasteiger partial charge in [0, 0.05) is 12.1 Å². The van der Waals surface area contributed by atoms with E-state index in [9.17, 15) is 13.2 Å². The molecule has 0 bridgehead atoms. The molecule has 0 aromatic heterocycles. The molecule has 1 amide bonds. The van der Waals surface area contributed by atoms with E-state index in [0.717, 1.165) is 11.3 Å². The quantitative estimate of drug-likeness (QED) is 0.901. The number of anilines is 1. The van der Waals surface area contributed by atoms with Gasteiger partial charge in [0.05, 0.1) is 4.90 Å². The van der Waals surface area contributed by atoms with Crippen LogP contribution in [0.2, 0.25) is 0 Å². The number of nitrogens with one attached hydrogen (secondary N) is 2. The molecule has 6 heteroatoms. The summed E-state index contributed by atoms with van der Waals surface area (Å²) in [6, 6.07) is 14.8. The number of rotatable bonds is 3. The third-order valence-corrected chi connectivity index (χ3v) is 4.74. The maximum atomic E-state index is 12.2. The van der Waals surface area contributed by atoms with E-state index in [1.807, 2.05) is 24.3 Å². The molecule has 0 saturated carbocycles. The predicted octanol–water partition coefficient (Wildman–Crippen LogP) is 1.53. The van der Waals surface area contributed by atoms with E-state index in [-0.39, 0.29) is 4.90 Å². The van der Waals surface area contributed by atoms with Crippen LogP contribution in [-0.2, 0) is 21.2 Å². The van der Waals surface area contributed by atoms with Crippen LogP contribution < -0.4 is 10.0 Å². The Bertz CT molecular complexity index is 748. The van der Waals surface area contributed by atoms with Crippen LogP contribution in [0.25, 0.3) is 0 Å². The molecule has 3 rings (SSSR count). The summed E-state index contributed by atoms with van der Waals surface area (Å²) in [6.45, 7) is 0. The third-order valence-electron chi connectivity index (χ3n) is 3.38. The molecule has 1 atom stereocenters. The first kappa shape index (κ1) is 13.6. The van der Waals surface area contributed by atoms with E-state index in [2.05, 4.69) is 10.0 Å². The standard InChI is InChI=1S/C15H14N2O3S/c18-15(14-10-11-6-4-5-9-13(11)16-14)17-21(19,20)12-7-2-1-3-8-12/h1-9,14,16H,10H2,(H,17,18)/t14-/m0/s1. The van der Waals surface area contributed by atoms with Crippen molar-refractivity contribution in [3.05, 3.63) is 60.2 Å². The predicted molar refractivity (Wildman–Crippen MR) is 79.3 cm³/mol. The Hall–Kier alpha value is -2.34. The van der Waals surface area contributed by atoms with E-state index in [4.69, 9.17) is 0 Å². The van der Waals surface area contributed by atoms with Crippen LogP contribution in [0.5, 0.6) is 0 Å². The summed E-state index contributed by atoms with van der Waals surface area (Å²) in [4.78, 5) is 12.2. The maximum Gasteiger partial charge on any atom is 0.264 e. The fourth-order valence-corrected chi connectivity index (χ4v) is 3.36. The molecular weight excluding hydrogens is 288 g/mol. The van der Waals surface area contributed by atoms with Gasteiger partial charge in [-0.05, 0) is 23.8 Å². The van der Waals surface area contributed by atoms with E-state index in [0.29, 0.717) is 6.42 Å². The average Bonchev–Trinajstić information content (AvgIpc) is 2.92. The minimum Gasteiger partial charge on any atom is -0.373 e. The molecule has 1 heterocycles. The van der Waals surface area contributed by atoms with Crippen LogP contribution in [0.15, 0.2) is 59.5 Å². The second kappa shape index (κ2) is 5.21. The molecule has 2 aromatic carbocycles. The third kappa shape index (κ3) is 2.75. The average molecular weight is 302 g/mol. The van der Waals surface area contributed by atoms with Crippen LogP contribution in [0.1, 0.15) is 5.56 Å². The number of hydrogen-bond donors (Lipinski definition) is 2. The van der Waals surface area contributed by atoms with Gasteiger partial charge in [0.1, 0.15) is 6.04 Å². The smallest absolute Gasteiger partial charge is 0.264 e. The normalized spacial score (nSPS) is 16.9. The molecule has 0 fully saturated rings. The Kier molecular flexibility index (Phi) is 3.39. The molecule has 0 radical (unpaired) electrons. The number of carbonyl (C=O) groups is 1. The monoisotopic (exact) mass is 302 g/mol. The van der Waals surface area contributed by atoms with Gasteiger partial charge in [-0.3, -0.25) is 4.79 Å².